The number of nitrogens with one attached hydrogen (secondary N) is 1. The Morgan fingerprint density at radius 1 is 1.00 bits per heavy atom. The molecule has 0 heterocycles. The molecule has 0 atom stereocenters. The largest absolute Gasteiger partial charge is 0.497 e. The van der Waals surface area contributed by atoms with Gasteiger partial charge in [-0.15, -0.1) is 0 Å². The molecular weight excluding hydrogens is 306 g/mol. The lowest BCUT2D eigenvalue weighted by Crippen LogP contribution is -2.29. The van der Waals surface area contributed by atoms with Crippen LogP contribution in [0.2, 0.25) is 0 Å². The van der Waals surface area contributed by atoms with Crippen LogP contribution in [-0.4, -0.2) is 33.3 Å². The first-order chi connectivity index (χ1) is 11.6. The monoisotopic (exact) mass is 329 g/mol. The molecule has 0 aromatic heterocycles. The van der Waals surface area contributed by atoms with E-state index in [4.69, 9.17) is 14.2 Å². The fourth-order valence-corrected chi connectivity index (χ4v) is 2.24. The van der Waals surface area contributed by atoms with Crippen LogP contribution in [0.15, 0.2) is 42.5 Å². The predicted octanol–water partition coefficient (Wildman–Crippen LogP) is 2.75. The zero-order valence-electron chi connectivity index (χ0n) is 14.3. The molecule has 0 aliphatic heterocycles. The van der Waals surface area contributed by atoms with Crippen molar-refractivity contribution in [2.45, 2.75) is 13.3 Å². The van der Waals surface area contributed by atoms with E-state index in [0.29, 0.717) is 31.1 Å². The third-order valence-electron chi connectivity index (χ3n) is 3.52. The summed E-state index contributed by atoms with van der Waals surface area (Å²) in [7, 11) is 3.23. The minimum absolute atomic E-state index is 0.0420. The van der Waals surface area contributed by atoms with Crippen molar-refractivity contribution in [3.8, 4) is 17.2 Å². The van der Waals surface area contributed by atoms with E-state index in [2.05, 4.69) is 5.32 Å². The smallest absolute Gasteiger partial charge is 0.224 e. The number of methoxy groups -OCH3 is 2. The van der Waals surface area contributed by atoms with Crippen molar-refractivity contribution in [1.82, 2.24) is 5.32 Å². The highest BCUT2D eigenvalue weighted by molar-refractivity contribution is 5.78. The standard InChI is InChI=1S/C19H23NO4/c1-14-4-9-17(18(12-14)23-3)24-11-10-20-19(21)13-15-5-7-16(22-2)8-6-15/h4-9,12H,10-11,13H2,1-3H3,(H,20,21). The van der Waals surface area contributed by atoms with Crippen LogP contribution in [0.1, 0.15) is 11.1 Å². The van der Waals surface area contributed by atoms with Crippen LogP contribution in [0.25, 0.3) is 0 Å². The van der Waals surface area contributed by atoms with Crippen molar-refractivity contribution < 1.29 is 19.0 Å². The van der Waals surface area contributed by atoms with Gasteiger partial charge in [0.2, 0.25) is 5.91 Å². The van der Waals surface area contributed by atoms with Crippen molar-refractivity contribution in [3.05, 3.63) is 53.6 Å². The highest BCUT2D eigenvalue weighted by Gasteiger charge is 2.06. The van der Waals surface area contributed by atoms with Gasteiger partial charge in [0.1, 0.15) is 12.4 Å². The highest BCUT2D eigenvalue weighted by atomic mass is 16.5. The Hall–Kier alpha value is -2.69. The van der Waals surface area contributed by atoms with E-state index in [1.54, 1.807) is 14.2 Å². The van der Waals surface area contributed by atoms with E-state index in [-0.39, 0.29) is 5.91 Å². The molecule has 0 saturated carbocycles. The van der Waals surface area contributed by atoms with Crippen LogP contribution in [0.4, 0.5) is 0 Å². The molecule has 0 aliphatic rings. The number of rotatable bonds is 8. The molecule has 0 aliphatic carbocycles. The van der Waals surface area contributed by atoms with Gasteiger partial charge in [-0.2, -0.15) is 0 Å². The number of hydrogen-bond acceptors (Lipinski definition) is 4. The molecule has 0 unspecified atom stereocenters. The van der Waals surface area contributed by atoms with Crippen molar-refractivity contribution >= 4 is 5.91 Å². The lowest BCUT2D eigenvalue weighted by atomic mass is 10.1. The summed E-state index contributed by atoms with van der Waals surface area (Å²) in [4.78, 5) is 11.9. The summed E-state index contributed by atoms with van der Waals surface area (Å²) in [6, 6.07) is 13.2. The number of carbonyl (C=O) groups is 1. The lowest BCUT2D eigenvalue weighted by molar-refractivity contribution is -0.120. The van der Waals surface area contributed by atoms with Gasteiger partial charge in [0.25, 0.3) is 0 Å². The predicted molar refractivity (Wildman–Crippen MR) is 92.9 cm³/mol. The summed E-state index contributed by atoms with van der Waals surface area (Å²) in [6.45, 7) is 2.81. The second-order valence-electron chi connectivity index (χ2n) is 5.38. The first-order valence-corrected chi connectivity index (χ1v) is 7.79. The Bertz CT molecular complexity index is 668. The van der Waals surface area contributed by atoms with E-state index >= 15 is 0 Å². The van der Waals surface area contributed by atoms with Crippen molar-refractivity contribution in [2.75, 3.05) is 27.4 Å². The molecule has 5 nitrogen and oxygen atoms in total. The van der Waals surface area contributed by atoms with E-state index in [9.17, 15) is 4.79 Å². The van der Waals surface area contributed by atoms with E-state index in [0.717, 1.165) is 16.9 Å². The first kappa shape index (κ1) is 17.7. The summed E-state index contributed by atoms with van der Waals surface area (Å²) >= 11 is 0. The summed E-state index contributed by atoms with van der Waals surface area (Å²) in [5.41, 5.74) is 2.04. The summed E-state index contributed by atoms with van der Waals surface area (Å²) in [6.07, 6.45) is 0.331. The zero-order chi connectivity index (χ0) is 17.4. The third kappa shape index (κ3) is 5.19. The molecule has 2 rings (SSSR count). The number of benzene rings is 2. The van der Waals surface area contributed by atoms with Crippen LogP contribution in [0.3, 0.4) is 0 Å². The Labute approximate surface area is 142 Å². The molecule has 0 bridgehead atoms. The Kier molecular flexibility index (Phi) is 6.49. The SMILES string of the molecule is COc1ccc(CC(=O)NCCOc2ccc(C)cc2OC)cc1. The molecule has 1 amide bonds. The van der Waals surface area contributed by atoms with Crippen LogP contribution < -0.4 is 19.5 Å². The van der Waals surface area contributed by atoms with Gasteiger partial charge in [-0.05, 0) is 42.3 Å². The van der Waals surface area contributed by atoms with Gasteiger partial charge >= 0.3 is 0 Å². The Morgan fingerprint density at radius 3 is 2.42 bits per heavy atom. The summed E-state index contributed by atoms with van der Waals surface area (Å²) < 4.78 is 16.0. The van der Waals surface area contributed by atoms with Crippen LogP contribution in [-0.2, 0) is 11.2 Å². The van der Waals surface area contributed by atoms with Crippen LogP contribution >= 0.6 is 0 Å². The second kappa shape index (κ2) is 8.82. The van der Waals surface area contributed by atoms with Gasteiger partial charge in [0.05, 0.1) is 27.2 Å². The number of ether oxygens (including phenoxy) is 3. The number of amides is 1. The van der Waals surface area contributed by atoms with Crippen LogP contribution in [0, 0.1) is 6.92 Å². The molecular formula is C19H23NO4. The molecule has 1 N–H and O–H groups in total. The normalized spacial score (nSPS) is 10.1. The van der Waals surface area contributed by atoms with Crippen molar-refractivity contribution in [3.63, 3.8) is 0 Å². The maximum absolute atomic E-state index is 11.9. The van der Waals surface area contributed by atoms with Gasteiger partial charge in [-0.1, -0.05) is 18.2 Å². The van der Waals surface area contributed by atoms with Gasteiger partial charge in [-0.3, -0.25) is 4.79 Å². The highest BCUT2D eigenvalue weighted by Crippen LogP contribution is 2.27. The molecule has 0 spiro atoms. The first-order valence-electron chi connectivity index (χ1n) is 7.79. The topological polar surface area (TPSA) is 56.8 Å². The van der Waals surface area contributed by atoms with Crippen LogP contribution in [0.5, 0.6) is 17.2 Å². The third-order valence-corrected chi connectivity index (χ3v) is 3.52. The van der Waals surface area contributed by atoms with E-state index < -0.39 is 0 Å². The number of hydrogen-bond donors (Lipinski definition) is 1. The Morgan fingerprint density at radius 2 is 1.75 bits per heavy atom. The average Bonchev–Trinajstić information content (AvgIpc) is 2.60. The molecule has 5 heteroatoms. The summed E-state index contributed by atoms with van der Waals surface area (Å²) in [5.74, 6) is 2.10. The average molecular weight is 329 g/mol. The second-order valence-corrected chi connectivity index (χ2v) is 5.38. The maximum Gasteiger partial charge on any atom is 0.224 e. The van der Waals surface area contributed by atoms with Gasteiger partial charge in [0.15, 0.2) is 11.5 Å². The lowest BCUT2D eigenvalue weighted by Gasteiger charge is -2.12. The molecule has 2 aromatic carbocycles. The molecule has 0 saturated heterocycles. The molecule has 0 radical (unpaired) electrons. The van der Waals surface area contributed by atoms with Gasteiger partial charge in [-0.25, -0.2) is 0 Å². The summed E-state index contributed by atoms with van der Waals surface area (Å²) in [5, 5.41) is 2.84. The minimum Gasteiger partial charge on any atom is -0.497 e. The number of carbonyl (C=O) groups excluding carboxylic acids is 1. The molecule has 128 valence electrons. The quantitative estimate of drug-likeness (QED) is 0.757. The van der Waals surface area contributed by atoms with Crippen molar-refractivity contribution in [1.29, 1.82) is 0 Å². The molecule has 0 fully saturated rings. The minimum atomic E-state index is -0.0420. The Balaban J connectivity index is 1.74. The number of aryl methyl sites for hydroxylation is 1. The van der Waals surface area contributed by atoms with Crippen molar-refractivity contribution in [2.24, 2.45) is 0 Å². The molecule has 2 aromatic rings. The molecule has 24 heavy (non-hydrogen) atoms. The fraction of sp³-hybridized carbons (Fsp3) is 0.316. The fourth-order valence-electron chi connectivity index (χ4n) is 2.24. The zero-order valence-corrected chi connectivity index (χ0v) is 14.3. The van der Waals surface area contributed by atoms with E-state index in [1.165, 1.54) is 0 Å². The van der Waals surface area contributed by atoms with E-state index in [1.807, 2.05) is 49.4 Å². The van der Waals surface area contributed by atoms with Gasteiger partial charge < -0.3 is 19.5 Å². The maximum atomic E-state index is 11.9. The van der Waals surface area contributed by atoms with Gasteiger partial charge in [0, 0.05) is 0 Å².